The zero-order valence-corrected chi connectivity index (χ0v) is 12.8. The fourth-order valence-electron chi connectivity index (χ4n) is 2.91. The van der Waals surface area contributed by atoms with E-state index in [4.69, 9.17) is 21.8 Å². The first-order valence-corrected chi connectivity index (χ1v) is 7.67. The molecule has 0 bridgehead atoms. The number of benzene rings is 1. The van der Waals surface area contributed by atoms with Crippen molar-refractivity contribution >= 4 is 28.5 Å². The van der Waals surface area contributed by atoms with Crippen LogP contribution in [0.4, 0.5) is 0 Å². The highest BCUT2D eigenvalue weighted by molar-refractivity contribution is 6.34. The van der Waals surface area contributed by atoms with Gasteiger partial charge in [-0.2, -0.15) is 0 Å². The molecule has 1 aromatic heterocycles. The van der Waals surface area contributed by atoms with Crippen molar-refractivity contribution in [2.75, 3.05) is 13.1 Å². The molecule has 1 fully saturated rings. The summed E-state index contributed by atoms with van der Waals surface area (Å²) in [5.74, 6) is 0.631. The van der Waals surface area contributed by atoms with Crippen molar-refractivity contribution in [1.29, 1.82) is 0 Å². The Morgan fingerprint density at radius 1 is 1.52 bits per heavy atom. The lowest BCUT2D eigenvalue weighted by atomic mass is 9.92. The van der Waals surface area contributed by atoms with Crippen LogP contribution in [0.3, 0.4) is 0 Å². The largest absolute Gasteiger partial charge is 0.449 e. The van der Waals surface area contributed by atoms with Crippen LogP contribution < -0.4 is 5.73 Å². The van der Waals surface area contributed by atoms with Crippen molar-refractivity contribution in [3.05, 3.63) is 35.0 Å². The number of hydrogen-bond donors (Lipinski definition) is 1. The summed E-state index contributed by atoms with van der Waals surface area (Å²) in [6.45, 7) is 3.45. The molecule has 0 spiro atoms. The van der Waals surface area contributed by atoms with E-state index >= 15 is 0 Å². The molecule has 112 valence electrons. The maximum Gasteiger partial charge on any atom is 0.289 e. The number of halogens is 1. The van der Waals surface area contributed by atoms with Gasteiger partial charge in [0.1, 0.15) is 0 Å². The zero-order valence-electron chi connectivity index (χ0n) is 12.0. The number of furan rings is 1. The lowest BCUT2D eigenvalue weighted by Crippen LogP contribution is -2.44. The van der Waals surface area contributed by atoms with Crippen LogP contribution in [0.2, 0.25) is 5.02 Å². The third kappa shape index (κ3) is 2.78. The maximum absolute atomic E-state index is 12.6. The zero-order chi connectivity index (χ0) is 15.0. The highest BCUT2D eigenvalue weighted by Gasteiger charge is 2.28. The summed E-state index contributed by atoms with van der Waals surface area (Å²) in [5.41, 5.74) is 6.54. The molecule has 4 nitrogen and oxygen atoms in total. The fraction of sp³-hybridized carbons (Fsp3) is 0.438. The number of fused-ring (bicyclic) bond motifs is 1. The number of likely N-dealkylation sites (tertiary alicyclic amines) is 1. The van der Waals surface area contributed by atoms with Gasteiger partial charge in [0.05, 0.1) is 5.02 Å². The second-order valence-corrected chi connectivity index (χ2v) is 6.19. The number of rotatable bonds is 2. The third-order valence-electron chi connectivity index (χ3n) is 4.20. The second kappa shape index (κ2) is 5.70. The predicted octanol–water partition coefficient (Wildman–Crippen LogP) is 3.29. The molecule has 2 N–H and O–H groups in total. The van der Waals surface area contributed by atoms with Gasteiger partial charge < -0.3 is 15.1 Å². The molecule has 3 rings (SSSR count). The van der Waals surface area contributed by atoms with Crippen molar-refractivity contribution in [3.8, 4) is 0 Å². The van der Waals surface area contributed by atoms with E-state index in [-0.39, 0.29) is 11.9 Å². The Morgan fingerprint density at radius 3 is 3.05 bits per heavy atom. The molecule has 2 atom stereocenters. The van der Waals surface area contributed by atoms with Gasteiger partial charge in [0, 0.05) is 24.5 Å². The standard InChI is InChI=1S/C16H19ClN2O2/c1-10(18)12-5-3-7-19(9-12)16(20)14-8-11-4-2-6-13(17)15(11)21-14/h2,4,6,8,10,12H,3,5,7,9,18H2,1H3/t10-,12-/m1/s1. The molecule has 0 saturated carbocycles. The maximum atomic E-state index is 12.6. The lowest BCUT2D eigenvalue weighted by Gasteiger charge is -2.34. The number of piperidine rings is 1. The summed E-state index contributed by atoms with van der Waals surface area (Å²) in [5, 5.41) is 1.38. The van der Waals surface area contributed by atoms with Crippen molar-refractivity contribution in [2.24, 2.45) is 11.7 Å². The minimum Gasteiger partial charge on any atom is -0.449 e. The van der Waals surface area contributed by atoms with Crippen LogP contribution in [0, 0.1) is 5.92 Å². The summed E-state index contributed by atoms with van der Waals surface area (Å²) >= 11 is 6.09. The number of nitrogens with two attached hydrogens (primary N) is 1. The topological polar surface area (TPSA) is 59.5 Å². The summed E-state index contributed by atoms with van der Waals surface area (Å²) in [6, 6.07) is 7.36. The number of carbonyl (C=O) groups is 1. The number of carbonyl (C=O) groups excluding carboxylic acids is 1. The highest BCUT2D eigenvalue weighted by Crippen LogP contribution is 2.28. The highest BCUT2D eigenvalue weighted by atomic mass is 35.5. The Bertz CT molecular complexity index is 665. The average molecular weight is 307 g/mol. The minimum atomic E-state index is -0.0763. The minimum absolute atomic E-state index is 0.0763. The number of para-hydroxylation sites is 1. The predicted molar refractivity (Wildman–Crippen MR) is 83.5 cm³/mol. The first-order chi connectivity index (χ1) is 10.1. The molecule has 0 radical (unpaired) electrons. The molecular weight excluding hydrogens is 288 g/mol. The molecule has 1 saturated heterocycles. The Morgan fingerprint density at radius 2 is 2.33 bits per heavy atom. The Balaban J connectivity index is 1.84. The summed E-state index contributed by atoms with van der Waals surface area (Å²) < 4.78 is 5.66. The van der Waals surface area contributed by atoms with Crippen LogP contribution in [0.25, 0.3) is 11.0 Å². The molecule has 1 aromatic carbocycles. The lowest BCUT2D eigenvalue weighted by molar-refractivity contribution is 0.0631. The fourth-order valence-corrected chi connectivity index (χ4v) is 3.13. The van der Waals surface area contributed by atoms with Gasteiger partial charge in [-0.05, 0) is 37.8 Å². The van der Waals surface area contributed by atoms with Crippen molar-refractivity contribution in [2.45, 2.75) is 25.8 Å². The second-order valence-electron chi connectivity index (χ2n) is 5.78. The molecule has 1 aliphatic heterocycles. The molecule has 0 unspecified atom stereocenters. The van der Waals surface area contributed by atoms with E-state index in [0.717, 1.165) is 24.8 Å². The Labute approximate surface area is 128 Å². The van der Waals surface area contributed by atoms with Gasteiger partial charge in [0.2, 0.25) is 0 Å². The van der Waals surface area contributed by atoms with E-state index < -0.39 is 0 Å². The average Bonchev–Trinajstić information content (AvgIpc) is 2.92. The Kier molecular flexibility index (Phi) is 3.91. The van der Waals surface area contributed by atoms with Gasteiger partial charge in [0.25, 0.3) is 5.91 Å². The monoisotopic (exact) mass is 306 g/mol. The summed E-state index contributed by atoms with van der Waals surface area (Å²) in [7, 11) is 0. The van der Waals surface area contributed by atoms with Crippen molar-refractivity contribution in [1.82, 2.24) is 4.90 Å². The molecule has 5 heteroatoms. The summed E-state index contributed by atoms with van der Waals surface area (Å²) in [6.07, 6.45) is 2.06. The van der Waals surface area contributed by atoms with Crippen LogP contribution in [0.15, 0.2) is 28.7 Å². The van der Waals surface area contributed by atoms with Crippen LogP contribution in [0.5, 0.6) is 0 Å². The Hall–Kier alpha value is -1.52. The molecule has 2 aromatic rings. The van der Waals surface area contributed by atoms with E-state index in [1.54, 1.807) is 12.1 Å². The van der Waals surface area contributed by atoms with Gasteiger partial charge in [-0.15, -0.1) is 0 Å². The summed E-state index contributed by atoms with van der Waals surface area (Å²) in [4.78, 5) is 14.4. The number of amides is 1. The van der Waals surface area contributed by atoms with Crippen LogP contribution >= 0.6 is 11.6 Å². The van der Waals surface area contributed by atoms with E-state index in [9.17, 15) is 4.79 Å². The first kappa shape index (κ1) is 14.4. The molecule has 2 heterocycles. The molecule has 21 heavy (non-hydrogen) atoms. The van der Waals surface area contributed by atoms with Crippen molar-refractivity contribution < 1.29 is 9.21 Å². The van der Waals surface area contributed by atoms with E-state index in [2.05, 4.69) is 0 Å². The number of nitrogens with zero attached hydrogens (tertiary/aromatic N) is 1. The van der Waals surface area contributed by atoms with Crippen molar-refractivity contribution in [3.63, 3.8) is 0 Å². The normalized spacial score (nSPS) is 20.7. The molecular formula is C16H19ClN2O2. The van der Waals surface area contributed by atoms with Gasteiger partial charge >= 0.3 is 0 Å². The van der Waals surface area contributed by atoms with Crippen LogP contribution in [-0.4, -0.2) is 29.9 Å². The van der Waals surface area contributed by atoms with Gasteiger partial charge in [0.15, 0.2) is 11.3 Å². The first-order valence-electron chi connectivity index (χ1n) is 7.29. The van der Waals surface area contributed by atoms with Gasteiger partial charge in [-0.1, -0.05) is 23.7 Å². The van der Waals surface area contributed by atoms with Gasteiger partial charge in [-0.3, -0.25) is 4.79 Å². The van der Waals surface area contributed by atoms with Crippen LogP contribution in [0.1, 0.15) is 30.3 Å². The molecule has 1 aliphatic rings. The van der Waals surface area contributed by atoms with E-state index in [1.165, 1.54) is 0 Å². The molecule has 0 aliphatic carbocycles. The van der Waals surface area contributed by atoms with Crippen LogP contribution in [-0.2, 0) is 0 Å². The molecule has 1 amide bonds. The van der Waals surface area contributed by atoms with E-state index in [0.29, 0.717) is 28.8 Å². The SMILES string of the molecule is C[C@@H](N)[C@@H]1CCCN(C(=O)c2cc3cccc(Cl)c3o2)C1. The smallest absolute Gasteiger partial charge is 0.289 e. The number of hydrogen-bond acceptors (Lipinski definition) is 3. The third-order valence-corrected chi connectivity index (χ3v) is 4.49. The van der Waals surface area contributed by atoms with Gasteiger partial charge in [-0.25, -0.2) is 0 Å². The quantitative estimate of drug-likeness (QED) is 0.926. The van der Waals surface area contributed by atoms with E-state index in [1.807, 2.05) is 24.0 Å².